The van der Waals surface area contributed by atoms with Crippen LogP contribution in [0, 0.1) is 13.5 Å². The first kappa shape index (κ1) is 18.0. The molecule has 0 saturated heterocycles. The highest BCUT2D eigenvalue weighted by Gasteiger charge is 2.20. The molecule has 2 aromatic carbocycles. The number of aryl methyl sites for hydroxylation is 1. The van der Waals surface area contributed by atoms with Crippen LogP contribution in [0.25, 0.3) is 16.0 Å². The highest BCUT2D eigenvalue weighted by atomic mass is 16.5. The van der Waals surface area contributed by atoms with Crippen LogP contribution >= 0.6 is 0 Å². The Morgan fingerprint density at radius 3 is 2.33 bits per heavy atom. The van der Waals surface area contributed by atoms with Gasteiger partial charge in [0.15, 0.2) is 5.69 Å². The number of ether oxygens (including phenoxy) is 1. The van der Waals surface area contributed by atoms with Crippen molar-refractivity contribution < 1.29 is 14.3 Å². The number of Topliss-reactive ketones (excluding diaryl/α,β-unsaturated/α-hetero) is 2. The standard InChI is InChI=1S/C22H16N2O3/c1-14-11-15(7-9-20(14)27-3)21(25)22(26)16-6-8-19(23-2)18(12-16)17-5-4-10-24-13-17/h4-13H,1,3H3. The van der Waals surface area contributed by atoms with E-state index in [0.717, 1.165) is 5.56 Å². The highest BCUT2D eigenvalue weighted by molar-refractivity contribution is 6.49. The zero-order valence-electron chi connectivity index (χ0n) is 14.9. The zero-order valence-corrected chi connectivity index (χ0v) is 14.9. The molecule has 0 aliphatic carbocycles. The molecule has 0 unspecified atom stereocenters. The van der Waals surface area contributed by atoms with Crippen molar-refractivity contribution in [2.24, 2.45) is 0 Å². The average Bonchev–Trinajstić information content (AvgIpc) is 2.72. The molecule has 0 fully saturated rings. The van der Waals surface area contributed by atoms with Gasteiger partial charge in [-0.25, -0.2) is 4.85 Å². The van der Waals surface area contributed by atoms with Crippen LogP contribution in [0.15, 0.2) is 60.9 Å². The molecule has 0 spiro atoms. The summed E-state index contributed by atoms with van der Waals surface area (Å²) < 4.78 is 5.18. The Bertz CT molecular complexity index is 1070. The van der Waals surface area contributed by atoms with Crippen LogP contribution in [-0.2, 0) is 0 Å². The van der Waals surface area contributed by atoms with E-state index >= 15 is 0 Å². The van der Waals surface area contributed by atoms with E-state index in [-0.39, 0.29) is 5.56 Å². The number of ketones is 2. The van der Waals surface area contributed by atoms with Crippen LogP contribution in [-0.4, -0.2) is 23.7 Å². The number of pyridine rings is 1. The third kappa shape index (κ3) is 3.60. The average molecular weight is 356 g/mol. The summed E-state index contributed by atoms with van der Waals surface area (Å²) in [5, 5.41) is 0. The van der Waals surface area contributed by atoms with Crippen molar-refractivity contribution in [1.82, 2.24) is 4.98 Å². The van der Waals surface area contributed by atoms with Gasteiger partial charge in [0.1, 0.15) is 5.75 Å². The van der Waals surface area contributed by atoms with E-state index < -0.39 is 11.6 Å². The largest absolute Gasteiger partial charge is 0.496 e. The lowest BCUT2D eigenvalue weighted by atomic mass is 9.96. The Morgan fingerprint density at radius 2 is 1.74 bits per heavy atom. The molecule has 0 N–H and O–H groups in total. The van der Waals surface area contributed by atoms with E-state index in [1.54, 1.807) is 62.0 Å². The van der Waals surface area contributed by atoms with E-state index in [4.69, 9.17) is 11.3 Å². The fourth-order valence-electron chi connectivity index (χ4n) is 2.81. The minimum absolute atomic E-state index is 0.236. The lowest BCUT2D eigenvalue weighted by Crippen LogP contribution is -2.14. The van der Waals surface area contributed by atoms with Gasteiger partial charge in [-0.2, -0.15) is 0 Å². The molecule has 0 aliphatic heterocycles. The van der Waals surface area contributed by atoms with Crippen LogP contribution in [0.3, 0.4) is 0 Å². The van der Waals surface area contributed by atoms with Gasteiger partial charge in [0.05, 0.1) is 13.7 Å². The maximum atomic E-state index is 12.7. The summed E-state index contributed by atoms with van der Waals surface area (Å²) in [7, 11) is 1.55. The lowest BCUT2D eigenvalue weighted by Gasteiger charge is -2.08. The van der Waals surface area contributed by atoms with Crippen LogP contribution in [0.5, 0.6) is 5.75 Å². The second-order valence-electron chi connectivity index (χ2n) is 5.93. The van der Waals surface area contributed by atoms with Crippen molar-refractivity contribution in [3.05, 3.63) is 89.0 Å². The Balaban J connectivity index is 1.99. The Morgan fingerprint density at radius 1 is 1.04 bits per heavy atom. The van der Waals surface area contributed by atoms with E-state index in [9.17, 15) is 9.59 Å². The molecular formula is C22H16N2O3. The first-order valence-corrected chi connectivity index (χ1v) is 8.20. The molecule has 3 aromatic rings. The van der Waals surface area contributed by atoms with Crippen LogP contribution in [0.4, 0.5) is 5.69 Å². The SMILES string of the molecule is [C-]#[N+]c1ccc(C(=O)C(=O)c2ccc(OC)c(C)c2)cc1-c1cccnc1. The number of hydrogen-bond acceptors (Lipinski definition) is 4. The van der Waals surface area contributed by atoms with Crippen molar-refractivity contribution in [3.8, 4) is 16.9 Å². The Hall–Kier alpha value is -3.78. The zero-order chi connectivity index (χ0) is 19.4. The normalized spacial score (nSPS) is 10.1. The molecule has 0 bridgehead atoms. The summed E-state index contributed by atoms with van der Waals surface area (Å²) in [6, 6.07) is 13.1. The first-order chi connectivity index (χ1) is 13.0. The van der Waals surface area contributed by atoms with E-state index in [1.165, 1.54) is 6.07 Å². The van der Waals surface area contributed by atoms with Gasteiger partial charge in [0.25, 0.3) is 0 Å². The summed E-state index contributed by atoms with van der Waals surface area (Å²) in [6.07, 6.45) is 3.25. The molecule has 5 nitrogen and oxygen atoms in total. The van der Waals surface area contributed by atoms with E-state index in [2.05, 4.69) is 9.83 Å². The highest BCUT2D eigenvalue weighted by Crippen LogP contribution is 2.31. The fraction of sp³-hybridized carbons (Fsp3) is 0.0909. The van der Waals surface area contributed by atoms with Gasteiger partial charge < -0.3 is 4.74 Å². The summed E-state index contributed by atoms with van der Waals surface area (Å²) >= 11 is 0. The van der Waals surface area contributed by atoms with Crippen molar-refractivity contribution >= 4 is 17.3 Å². The number of nitrogens with zero attached hydrogens (tertiary/aromatic N) is 2. The van der Waals surface area contributed by atoms with Crippen LogP contribution < -0.4 is 4.74 Å². The third-order valence-corrected chi connectivity index (χ3v) is 4.21. The van der Waals surface area contributed by atoms with Crippen molar-refractivity contribution in [3.63, 3.8) is 0 Å². The topological polar surface area (TPSA) is 60.6 Å². The Kier molecular flexibility index (Phi) is 5.09. The second kappa shape index (κ2) is 7.63. The lowest BCUT2D eigenvalue weighted by molar-refractivity contribution is 0.0817. The van der Waals surface area contributed by atoms with Gasteiger partial charge in [-0.1, -0.05) is 24.3 Å². The number of rotatable bonds is 5. The van der Waals surface area contributed by atoms with Gasteiger partial charge in [0, 0.05) is 23.5 Å². The number of carbonyl (C=O) groups is 2. The minimum atomic E-state index is -0.624. The number of aromatic nitrogens is 1. The predicted molar refractivity (Wildman–Crippen MR) is 102 cm³/mol. The van der Waals surface area contributed by atoms with Crippen molar-refractivity contribution in [2.45, 2.75) is 6.92 Å². The molecule has 1 aromatic heterocycles. The predicted octanol–water partition coefficient (Wildman–Crippen LogP) is 4.68. The van der Waals surface area contributed by atoms with Crippen molar-refractivity contribution in [1.29, 1.82) is 0 Å². The second-order valence-corrected chi connectivity index (χ2v) is 5.93. The molecule has 0 amide bonds. The molecule has 3 rings (SSSR count). The fourth-order valence-corrected chi connectivity index (χ4v) is 2.81. The van der Waals surface area contributed by atoms with Crippen LogP contribution in [0.2, 0.25) is 0 Å². The molecular weight excluding hydrogens is 340 g/mol. The summed E-state index contributed by atoms with van der Waals surface area (Å²) in [4.78, 5) is 32.9. The van der Waals surface area contributed by atoms with Crippen LogP contribution in [0.1, 0.15) is 26.3 Å². The number of carbonyl (C=O) groups excluding carboxylic acids is 2. The third-order valence-electron chi connectivity index (χ3n) is 4.21. The van der Waals surface area contributed by atoms with E-state index in [1.807, 2.05) is 6.92 Å². The number of hydrogen-bond donors (Lipinski definition) is 0. The molecule has 0 atom stereocenters. The van der Waals surface area contributed by atoms with Gasteiger partial charge in [0.2, 0.25) is 11.6 Å². The van der Waals surface area contributed by atoms with E-state index in [0.29, 0.717) is 28.1 Å². The van der Waals surface area contributed by atoms with Crippen molar-refractivity contribution in [2.75, 3.05) is 7.11 Å². The summed E-state index contributed by atoms with van der Waals surface area (Å²) in [5.41, 5.74) is 2.99. The number of methoxy groups -OCH3 is 1. The molecule has 0 radical (unpaired) electrons. The summed E-state index contributed by atoms with van der Waals surface area (Å²) in [5.74, 6) is -0.575. The maximum absolute atomic E-state index is 12.7. The quantitative estimate of drug-likeness (QED) is 0.378. The van der Waals surface area contributed by atoms with Gasteiger partial charge in [-0.05, 0) is 47.9 Å². The molecule has 132 valence electrons. The smallest absolute Gasteiger partial charge is 0.233 e. The Labute approximate surface area is 157 Å². The molecule has 0 aliphatic rings. The molecule has 1 heterocycles. The minimum Gasteiger partial charge on any atom is -0.496 e. The summed E-state index contributed by atoms with van der Waals surface area (Å²) in [6.45, 7) is 9.14. The monoisotopic (exact) mass is 356 g/mol. The first-order valence-electron chi connectivity index (χ1n) is 8.20. The maximum Gasteiger partial charge on any atom is 0.233 e. The molecule has 5 heteroatoms. The number of benzene rings is 2. The molecule has 27 heavy (non-hydrogen) atoms. The van der Waals surface area contributed by atoms with Gasteiger partial charge >= 0.3 is 0 Å². The molecule has 0 saturated carbocycles. The van der Waals surface area contributed by atoms with Gasteiger partial charge in [-0.3, -0.25) is 14.6 Å². The van der Waals surface area contributed by atoms with Gasteiger partial charge in [-0.15, -0.1) is 0 Å².